The second kappa shape index (κ2) is 6.12. The second-order valence-electron chi connectivity index (χ2n) is 2.44. The molecule has 0 spiro atoms. The number of aliphatic hydroxyl groups excluding tert-OH is 1. The predicted molar refractivity (Wildman–Crippen MR) is 41.4 cm³/mol. The van der Waals surface area contributed by atoms with Gasteiger partial charge in [0, 0.05) is 6.61 Å². The molecule has 0 amide bonds. The molecule has 0 saturated heterocycles. The SMILES string of the molecule is C[C@@H](NCCCCO)C(=O)O. The smallest absolute Gasteiger partial charge is 0.320 e. The van der Waals surface area contributed by atoms with Crippen LogP contribution in [0.2, 0.25) is 0 Å². The van der Waals surface area contributed by atoms with Crippen molar-refractivity contribution in [3.8, 4) is 0 Å². The highest BCUT2D eigenvalue weighted by atomic mass is 16.4. The van der Waals surface area contributed by atoms with Crippen molar-refractivity contribution in [3.63, 3.8) is 0 Å². The molecule has 0 aromatic rings. The normalized spacial score (nSPS) is 12.9. The van der Waals surface area contributed by atoms with Crippen molar-refractivity contribution in [3.05, 3.63) is 0 Å². The summed E-state index contributed by atoms with van der Waals surface area (Å²) in [5.41, 5.74) is 0. The number of rotatable bonds is 6. The lowest BCUT2D eigenvalue weighted by molar-refractivity contribution is -0.138. The molecule has 66 valence electrons. The third kappa shape index (κ3) is 5.82. The van der Waals surface area contributed by atoms with Crippen molar-refractivity contribution in [1.29, 1.82) is 0 Å². The fourth-order valence-corrected chi connectivity index (χ4v) is 0.643. The highest BCUT2D eigenvalue weighted by Crippen LogP contribution is 1.86. The van der Waals surface area contributed by atoms with Crippen LogP contribution < -0.4 is 5.32 Å². The monoisotopic (exact) mass is 161 g/mol. The quantitative estimate of drug-likeness (QED) is 0.473. The van der Waals surface area contributed by atoms with Gasteiger partial charge in [-0.3, -0.25) is 4.79 Å². The van der Waals surface area contributed by atoms with Gasteiger partial charge in [-0.2, -0.15) is 0 Å². The Morgan fingerprint density at radius 2 is 2.18 bits per heavy atom. The van der Waals surface area contributed by atoms with Crippen LogP contribution in [0, 0.1) is 0 Å². The Kier molecular flexibility index (Phi) is 5.78. The number of aliphatic carboxylic acids is 1. The molecule has 0 radical (unpaired) electrons. The minimum absolute atomic E-state index is 0.170. The van der Waals surface area contributed by atoms with E-state index < -0.39 is 12.0 Å². The summed E-state index contributed by atoms with van der Waals surface area (Å²) in [6.45, 7) is 2.42. The first kappa shape index (κ1) is 10.4. The number of carboxylic acid groups (broad SMARTS) is 1. The van der Waals surface area contributed by atoms with Gasteiger partial charge < -0.3 is 15.5 Å². The average Bonchev–Trinajstić information content (AvgIpc) is 1.97. The summed E-state index contributed by atoms with van der Waals surface area (Å²) in [6.07, 6.45) is 1.54. The molecular formula is C7H15NO3. The summed E-state index contributed by atoms with van der Waals surface area (Å²) in [5.74, 6) is -0.839. The summed E-state index contributed by atoms with van der Waals surface area (Å²) in [7, 11) is 0. The second-order valence-corrected chi connectivity index (χ2v) is 2.44. The maximum atomic E-state index is 10.3. The molecule has 0 aliphatic rings. The molecule has 0 aliphatic carbocycles. The summed E-state index contributed by atoms with van der Waals surface area (Å²) in [6, 6.07) is -0.492. The first-order chi connectivity index (χ1) is 5.18. The molecule has 0 rings (SSSR count). The standard InChI is InChI=1S/C7H15NO3/c1-6(7(10)11)8-4-2-3-5-9/h6,8-9H,2-5H2,1H3,(H,10,11)/t6-/m1/s1. The Hall–Kier alpha value is -0.610. The van der Waals surface area contributed by atoms with E-state index in [0.717, 1.165) is 12.8 Å². The van der Waals surface area contributed by atoms with Crippen LogP contribution in [0.5, 0.6) is 0 Å². The zero-order valence-corrected chi connectivity index (χ0v) is 6.71. The third-order valence-corrected chi connectivity index (χ3v) is 1.41. The molecule has 0 saturated carbocycles. The van der Waals surface area contributed by atoms with E-state index in [1.54, 1.807) is 6.92 Å². The number of aliphatic hydroxyl groups is 1. The van der Waals surface area contributed by atoms with Crippen molar-refractivity contribution < 1.29 is 15.0 Å². The van der Waals surface area contributed by atoms with Crippen LogP contribution in [-0.2, 0) is 4.79 Å². The molecule has 1 atom stereocenters. The van der Waals surface area contributed by atoms with E-state index in [0.29, 0.717) is 6.54 Å². The van der Waals surface area contributed by atoms with E-state index in [2.05, 4.69) is 5.32 Å². The molecule has 3 N–H and O–H groups in total. The predicted octanol–water partition coefficient (Wildman–Crippen LogP) is -0.178. The number of hydrogen-bond donors (Lipinski definition) is 3. The number of nitrogens with one attached hydrogen (secondary N) is 1. The summed E-state index contributed by atoms with van der Waals surface area (Å²) < 4.78 is 0. The first-order valence-corrected chi connectivity index (χ1v) is 3.75. The Labute approximate surface area is 66.2 Å². The number of unbranched alkanes of at least 4 members (excludes halogenated alkanes) is 1. The van der Waals surface area contributed by atoms with Crippen LogP contribution in [0.25, 0.3) is 0 Å². The van der Waals surface area contributed by atoms with Gasteiger partial charge in [-0.05, 0) is 26.3 Å². The molecule has 0 aromatic heterocycles. The van der Waals surface area contributed by atoms with E-state index in [1.807, 2.05) is 0 Å². The highest BCUT2D eigenvalue weighted by molar-refractivity contribution is 5.72. The van der Waals surface area contributed by atoms with Gasteiger partial charge >= 0.3 is 5.97 Å². The molecule has 0 fully saturated rings. The van der Waals surface area contributed by atoms with Crippen LogP contribution in [0.1, 0.15) is 19.8 Å². The number of carbonyl (C=O) groups is 1. The number of carboxylic acids is 1. The van der Waals surface area contributed by atoms with E-state index in [4.69, 9.17) is 10.2 Å². The van der Waals surface area contributed by atoms with Gasteiger partial charge in [-0.25, -0.2) is 0 Å². The van der Waals surface area contributed by atoms with E-state index >= 15 is 0 Å². The zero-order chi connectivity index (χ0) is 8.69. The van der Waals surface area contributed by atoms with Gasteiger partial charge in [0.2, 0.25) is 0 Å². The Morgan fingerprint density at radius 1 is 1.55 bits per heavy atom. The summed E-state index contributed by atoms with van der Waals surface area (Å²) in [4.78, 5) is 10.3. The first-order valence-electron chi connectivity index (χ1n) is 3.75. The molecule has 11 heavy (non-hydrogen) atoms. The van der Waals surface area contributed by atoms with Crippen molar-refractivity contribution >= 4 is 5.97 Å². The van der Waals surface area contributed by atoms with Crippen LogP contribution in [0.15, 0.2) is 0 Å². The van der Waals surface area contributed by atoms with E-state index in [9.17, 15) is 4.79 Å². The Morgan fingerprint density at radius 3 is 2.64 bits per heavy atom. The number of hydrogen-bond acceptors (Lipinski definition) is 3. The molecule has 0 aromatic carbocycles. The Bertz CT molecular complexity index is 116. The van der Waals surface area contributed by atoms with Gasteiger partial charge in [0.25, 0.3) is 0 Å². The fourth-order valence-electron chi connectivity index (χ4n) is 0.643. The molecule has 0 aliphatic heterocycles. The zero-order valence-electron chi connectivity index (χ0n) is 6.71. The van der Waals surface area contributed by atoms with Gasteiger partial charge in [0.05, 0.1) is 0 Å². The average molecular weight is 161 g/mol. The minimum atomic E-state index is -0.839. The lowest BCUT2D eigenvalue weighted by Crippen LogP contribution is -2.34. The van der Waals surface area contributed by atoms with Gasteiger partial charge in [-0.15, -0.1) is 0 Å². The molecule has 4 nitrogen and oxygen atoms in total. The molecule has 0 unspecified atom stereocenters. The van der Waals surface area contributed by atoms with E-state index in [1.165, 1.54) is 0 Å². The Balaban J connectivity index is 3.17. The molecule has 4 heteroatoms. The van der Waals surface area contributed by atoms with Gasteiger partial charge in [0.15, 0.2) is 0 Å². The van der Waals surface area contributed by atoms with Crippen molar-refractivity contribution in [2.75, 3.05) is 13.2 Å². The summed E-state index contributed by atoms with van der Waals surface area (Å²) >= 11 is 0. The fraction of sp³-hybridized carbons (Fsp3) is 0.857. The van der Waals surface area contributed by atoms with Crippen molar-refractivity contribution in [2.24, 2.45) is 0 Å². The van der Waals surface area contributed by atoms with Crippen molar-refractivity contribution in [1.82, 2.24) is 5.32 Å². The molecule has 0 bridgehead atoms. The summed E-state index contributed by atoms with van der Waals surface area (Å²) in [5, 5.41) is 19.6. The van der Waals surface area contributed by atoms with Crippen molar-refractivity contribution in [2.45, 2.75) is 25.8 Å². The van der Waals surface area contributed by atoms with Crippen LogP contribution in [0.3, 0.4) is 0 Å². The third-order valence-electron chi connectivity index (χ3n) is 1.41. The largest absolute Gasteiger partial charge is 0.480 e. The van der Waals surface area contributed by atoms with E-state index in [-0.39, 0.29) is 6.61 Å². The molecular weight excluding hydrogens is 146 g/mol. The van der Waals surface area contributed by atoms with Gasteiger partial charge in [-0.1, -0.05) is 0 Å². The maximum absolute atomic E-state index is 10.3. The lowest BCUT2D eigenvalue weighted by atomic mass is 10.3. The maximum Gasteiger partial charge on any atom is 0.320 e. The van der Waals surface area contributed by atoms with Crippen LogP contribution in [0.4, 0.5) is 0 Å². The minimum Gasteiger partial charge on any atom is -0.480 e. The van der Waals surface area contributed by atoms with Gasteiger partial charge in [0.1, 0.15) is 6.04 Å². The lowest BCUT2D eigenvalue weighted by Gasteiger charge is -2.07. The van der Waals surface area contributed by atoms with Crippen LogP contribution >= 0.6 is 0 Å². The molecule has 0 heterocycles. The highest BCUT2D eigenvalue weighted by Gasteiger charge is 2.07. The van der Waals surface area contributed by atoms with Crippen LogP contribution in [-0.4, -0.2) is 35.4 Å². The topological polar surface area (TPSA) is 69.6 Å².